The van der Waals surface area contributed by atoms with Crippen LogP contribution in [0.4, 0.5) is 20.6 Å². The Bertz CT molecular complexity index is 825. The summed E-state index contributed by atoms with van der Waals surface area (Å²) in [6.45, 7) is 2.86. The van der Waals surface area contributed by atoms with Gasteiger partial charge in [0.25, 0.3) is 5.91 Å². The molecule has 0 unspecified atom stereocenters. The van der Waals surface area contributed by atoms with E-state index in [1.165, 1.54) is 12.1 Å². The summed E-state index contributed by atoms with van der Waals surface area (Å²) in [5, 5.41) is 5.51. The molecule has 2 aromatic rings. The largest absolute Gasteiger partial charge is 0.336 e. The van der Waals surface area contributed by atoms with E-state index < -0.39 is 11.7 Å². The van der Waals surface area contributed by atoms with Gasteiger partial charge in [0.05, 0.1) is 5.69 Å². The van der Waals surface area contributed by atoms with Crippen LogP contribution in [0.2, 0.25) is 5.02 Å². The second-order valence-electron chi connectivity index (χ2n) is 5.41. The van der Waals surface area contributed by atoms with Crippen molar-refractivity contribution in [2.45, 2.75) is 6.92 Å². The molecule has 0 saturated carbocycles. The van der Waals surface area contributed by atoms with Gasteiger partial charge in [-0.1, -0.05) is 17.7 Å². The number of hydrogen-bond donors (Lipinski definition) is 2. The molecule has 3 rings (SSSR count). The Kier molecular flexibility index (Phi) is 4.40. The molecule has 124 valence electrons. The molecule has 1 heterocycles. The van der Waals surface area contributed by atoms with E-state index in [0.717, 1.165) is 6.07 Å². The lowest BCUT2D eigenvalue weighted by Gasteiger charge is -2.19. The fourth-order valence-electron chi connectivity index (χ4n) is 2.64. The number of rotatable bonds is 3. The number of amides is 3. The van der Waals surface area contributed by atoms with Crippen LogP contribution in [0, 0.1) is 12.7 Å². The van der Waals surface area contributed by atoms with E-state index in [1.54, 1.807) is 30.0 Å². The molecule has 2 aromatic carbocycles. The summed E-state index contributed by atoms with van der Waals surface area (Å²) in [5.74, 6) is -1.06. The van der Waals surface area contributed by atoms with Crippen molar-refractivity contribution in [3.8, 4) is 0 Å². The third kappa shape index (κ3) is 3.05. The number of hydrogen-bond acceptors (Lipinski definition) is 2. The highest BCUT2D eigenvalue weighted by Gasteiger charge is 2.24. The zero-order valence-corrected chi connectivity index (χ0v) is 13.7. The highest BCUT2D eigenvalue weighted by Crippen LogP contribution is 2.26. The van der Waals surface area contributed by atoms with Crippen molar-refractivity contribution in [1.29, 1.82) is 0 Å². The Morgan fingerprint density at radius 3 is 2.79 bits per heavy atom. The van der Waals surface area contributed by atoms with E-state index in [-0.39, 0.29) is 16.7 Å². The Morgan fingerprint density at radius 2 is 2.12 bits per heavy atom. The molecule has 0 bridgehead atoms. The molecule has 2 N–H and O–H groups in total. The third-order valence-corrected chi connectivity index (χ3v) is 4.11. The lowest BCUT2D eigenvalue weighted by molar-refractivity contribution is 0.102. The predicted molar refractivity (Wildman–Crippen MR) is 91.3 cm³/mol. The van der Waals surface area contributed by atoms with Gasteiger partial charge in [-0.3, -0.25) is 9.69 Å². The number of nitrogens with one attached hydrogen (secondary N) is 2. The zero-order valence-electron chi connectivity index (χ0n) is 12.9. The summed E-state index contributed by atoms with van der Waals surface area (Å²) in [5.41, 5.74) is 1.74. The SMILES string of the molecule is Cc1c(C(=O)Nc2ccc(Cl)cc2F)cccc1N1CCNC1=O. The van der Waals surface area contributed by atoms with Crippen molar-refractivity contribution in [3.05, 3.63) is 58.4 Å². The van der Waals surface area contributed by atoms with Gasteiger partial charge in [-0.25, -0.2) is 9.18 Å². The molecule has 3 amide bonds. The normalized spacial score (nSPS) is 13.8. The first-order valence-corrected chi connectivity index (χ1v) is 7.76. The maximum absolute atomic E-state index is 13.8. The highest BCUT2D eigenvalue weighted by molar-refractivity contribution is 6.30. The van der Waals surface area contributed by atoms with E-state index in [0.29, 0.717) is 29.9 Å². The zero-order chi connectivity index (χ0) is 17.3. The number of anilines is 2. The van der Waals surface area contributed by atoms with Crippen LogP contribution in [0.25, 0.3) is 0 Å². The monoisotopic (exact) mass is 347 g/mol. The van der Waals surface area contributed by atoms with Gasteiger partial charge < -0.3 is 10.6 Å². The Hall–Kier alpha value is -2.60. The number of carbonyl (C=O) groups is 2. The summed E-state index contributed by atoms with van der Waals surface area (Å²) >= 11 is 5.71. The molecule has 7 heteroatoms. The quantitative estimate of drug-likeness (QED) is 0.891. The second-order valence-corrected chi connectivity index (χ2v) is 5.85. The van der Waals surface area contributed by atoms with Gasteiger partial charge in [-0.2, -0.15) is 0 Å². The molecule has 1 saturated heterocycles. The molecule has 1 fully saturated rings. The molecule has 0 aromatic heterocycles. The summed E-state index contributed by atoms with van der Waals surface area (Å²) in [4.78, 5) is 25.9. The number of nitrogens with zero attached hydrogens (tertiary/aromatic N) is 1. The van der Waals surface area contributed by atoms with Crippen molar-refractivity contribution in [2.24, 2.45) is 0 Å². The lowest BCUT2D eigenvalue weighted by atomic mass is 10.0. The van der Waals surface area contributed by atoms with Crippen LogP contribution in [0.3, 0.4) is 0 Å². The fourth-order valence-corrected chi connectivity index (χ4v) is 2.80. The molecule has 0 aliphatic carbocycles. The van der Waals surface area contributed by atoms with Crippen LogP contribution >= 0.6 is 11.6 Å². The average Bonchev–Trinajstić information content (AvgIpc) is 2.96. The minimum atomic E-state index is -0.608. The molecular formula is C17H15ClFN3O2. The summed E-state index contributed by atoms with van der Waals surface area (Å²) in [6, 6.07) is 8.95. The number of benzene rings is 2. The molecule has 0 radical (unpaired) electrons. The van der Waals surface area contributed by atoms with Crippen molar-refractivity contribution in [3.63, 3.8) is 0 Å². The fraction of sp³-hybridized carbons (Fsp3) is 0.176. The van der Waals surface area contributed by atoms with Gasteiger partial charge in [0, 0.05) is 29.4 Å². The maximum Gasteiger partial charge on any atom is 0.322 e. The lowest BCUT2D eigenvalue weighted by Crippen LogP contribution is -2.29. The molecule has 24 heavy (non-hydrogen) atoms. The van der Waals surface area contributed by atoms with Crippen molar-refractivity contribution in [2.75, 3.05) is 23.3 Å². The Morgan fingerprint density at radius 1 is 1.33 bits per heavy atom. The van der Waals surface area contributed by atoms with E-state index >= 15 is 0 Å². The third-order valence-electron chi connectivity index (χ3n) is 3.88. The van der Waals surface area contributed by atoms with Crippen LogP contribution in [0.5, 0.6) is 0 Å². The first kappa shape index (κ1) is 16.3. The van der Waals surface area contributed by atoms with Gasteiger partial charge in [0.15, 0.2) is 0 Å². The molecule has 1 aliphatic heterocycles. The van der Waals surface area contributed by atoms with Gasteiger partial charge in [-0.05, 0) is 42.8 Å². The molecule has 1 aliphatic rings. The Labute approximate surface area is 143 Å². The standard InChI is InChI=1S/C17H15ClFN3O2/c1-10-12(3-2-4-15(10)22-8-7-20-17(22)24)16(23)21-14-6-5-11(18)9-13(14)19/h2-6,9H,7-8H2,1H3,(H,20,24)(H,21,23). The minimum absolute atomic E-state index is 0.0492. The average molecular weight is 348 g/mol. The van der Waals surface area contributed by atoms with Gasteiger partial charge >= 0.3 is 6.03 Å². The molecule has 0 spiro atoms. The summed E-state index contributed by atoms with van der Waals surface area (Å²) < 4.78 is 13.8. The van der Waals surface area contributed by atoms with Crippen LogP contribution in [-0.2, 0) is 0 Å². The number of halogens is 2. The van der Waals surface area contributed by atoms with Gasteiger partial charge in [0.1, 0.15) is 5.82 Å². The maximum atomic E-state index is 13.8. The first-order chi connectivity index (χ1) is 11.5. The smallest absolute Gasteiger partial charge is 0.322 e. The first-order valence-electron chi connectivity index (χ1n) is 7.39. The Balaban J connectivity index is 1.89. The molecular weight excluding hydrogens is 333 g/mol. The summed E-state index contributed by atoms with van der Waals surface area (Å²) in [6.07, 6.45) is 0. The van der Waals surface area contributed by atoms with Gasteiger partial charge in [-0.15, -0.1) is 0 Å². The predicted octanol–water partition coefficient (Wildman–Crippen LogP) is 3.57. The second kappa shape index (κ2) is 6.49. The minimum Gasteiger partial charge on any atom is -0.336 e. The number of carbonyl (C=O) groups excluding carboxylic acids is 2. The van der Waals surface area contributed by atoms with Crippen molar-refractivity contribution < 1.29 is 14.0 Å². The van der Waals surface area contributed by atoms with Gasteiger partial charge in [0.2, 0.25) is 0 Å². The van der Waals surface area contributed by atoms with Crippen LogP contribution in [0.1, 0.15) is 15.9 Å². The van der Waals surface area contributed by atoms with E-state index in [9.17, 15) is 14.0 Å². The topological polar surface area (TPSA) is 61.4 Å². The van der Waals surface area contributed by atoms with Crippen LogP contribution in [0.15, 0.2) is 36.4 Å². The number of urea groups is 1. The van der Waals surface area contributed by atoms with E-state index in [4.69, 9.17) is 11.6 Å². The van der Waals surface area contributed by atoms with E-state index in [2.05, 4.69) is 10.6 Å². The summed E-state index contributed by atoms with van der Waals surface area (Å²) in [7, 11) is 0. The van der Waals surface area contributed by atoms with Crippen molar-refractivity contribution in [1.82, 2.24) is 5.32 Å². The molecule has 5 nitrogen and oxygen atoms in total. The van der Waals surface area contributed by atoms with Crippen LogP contribution < -0.4 is 15.5 Å². The van der Waals surface area contributed by atoms with Crippen molar-refractivity contribution >= 4 is 34.9 Å². The highest BCUT2D eigenvalue weighted by atomic mass is 35.5. The van der Waals surface area contributed by atoms with Crippen LogP contribution in [-0.4, -0.2) is 25.0 Å². The molecule has 0 atom stereocenters. The van der Waals surface area contributed by atoms with E-state index in [1.807, 2.05) is 0 Å².